The Labute approximate surface area is 102 Å². The van der Waals surface area contributed by atoms with Crippen LogP contribution in [0.3, 0.4) is 0 Å². The highest BCUT2D eigenvalue weighted by Gasteiger charge is 2.18. The van der Waals surface area contributed by atoms with Gasteiger partial charge >= 0.3 is 0 Å². The Kier molecular flexibility index (Phi) is 2.48. The van der Waals surface area contributed by atoms with Gasteiger partial charge in [-0.1, -0.05) is 30.3 Å². The number of fused-ring (bicyclic) bond motifs is 1. The van der Waals surface area contributed by atoms with Gasteiger partial charge in [-0.25, -0.2) is 0 Å². The molecule has 3 rings (SSSR count). The van der Waals surface area contributed by atoms with Crippen molar-refractivity contribution in [2.75, 3.05) is 17.3 Å². The molecule has 0 amide bonds. The smallest absolute Gasteiger partial charge is 0.0436 e. The molecule has 0 fully saturated rings. The van der Waals surface area contributed by atoms with E-state index in [4.69, 9.17) is 0 Å². The first kappa shape index (κ1) is 10.2. The van der Waals surface area contributed by atoms with Crippen molar-refractivity contribution in [2.45, 2.75) is 13.1 Å². The molecular weight excluding hydrogens is 208 g/mol. The Balaban J connectivity index is 1.88. The Morgan fingerprint density at radius 1 is 0.941 bits per heavy atom. The summed E-state index contributed by atoms with van der Waals surface area (Å²) in [6.45, 7) is 2.03. The van der Waals surface area contributed by atoms with Gasteiger partial charge < -0.3 is 10.2 Å². The van der Waals surface area contributed by atoms with Crippen molar-refractivity contribution >= 4 is 11.4 Å². The second kappa shape index (κ2) is 4.13. The van der Waals surface area contributed by atoms with Crippen molar-refractivity contribution in [3.05, 3.63) is 59.7 Å². The first-order valence-electron chi connectivity index (χ1n) is 5.96. The number of anilines is 2. The van der Waals surface area contributed by atoms with E-state index in [-0.39, 0.29) is 0 Å². The molecule has 1 aliphatic heterocycles. The van der Waals surface area contributed by atoms with Crippen molar-refractivity contribution in [2.24, 2.45) is 0 Å². The summed E-state index contributed by atoms with van der Waals surface area (Å²) >= 11 is 0. The van der Waals surface area contributed by atoms with Gasteiger partial charge in [-0.2, -0.15) is 0 Å². The molecule has 1 aliphatic rings. The van der Waals surface area contributed by atoms with E-state index in [9.17, 15) is 0 Å². The average molecular weight is 224 g/mol. The Hall–Kier alpha value is -1.96. The summed E-state index contributed by atoms with van der Waals surface area (Å²) in [6.07, 6.45) is 0. The minimum Gasteiger partial charge on any atom is -0.388 e. The number of nitrogens with zero attached hydrogens (tertiary/aromatic N) is 1. The van der Waals surface area contributed by atoms with Gasteiger partial charge in [0.1, 0.15) is 0 Å². The van der Waals surface area contributed by atoms with Gasteiger partial charge in [0.25, 0.3) is 0 Å². The molecule has 0 spiro atoms. The summed E-state index contributed by atoms with van der Waals surface area (Å²) in [5.41, 5.74) is 5.34. The van der Waals surface area contributed by atoms with E-state index in [0.29, 0.717) is 0 Å². The van der Waals surface area contributed by atoms with Gasteiger partial charge in [-0.3, -0.25) is 0 Å². The van der Waals surface area contributed by atoms with Crippen LogP contribution in [0.15, 0.2) is 48.5 Å². The number of hydrogen-bond donors (Lipinski definition) is 1. The van der Waals surface area contributed by atoms with E-state index in [1.54, 1.807) is 0 Å². The monoisotopic (exact) mass is 224 g/mol. The number of hydrogen-bond acceptors (Lipinski definition) is 2. The van der Waals surface area contributed by atoms with E-state index >= 15 is 0 Å². The normalized spacial score (nSPS) is 13.6. The Morgan fingerprint density at radius 2 is 1.65 bits per heavy atom. The van der Waals surface area contributed by atoms with Crippen LogP contribution < -0.4 is 10.2 Å². The molecule has 2 nitrogen and oxygen atoms in total. The van der Waals surface area contributed by atoms with Gasteiger partial charge in [-0.15, -0.1) is 0 Å². The number of rotatable bonds is 2. The van der Waals surface area contributed by atoms with Crippen LogP contribution in [0.2, 0.25) is 0 Å². The van der Waals surface area contributed by atoms with Crippen molar-refractivity contribution in [1.29, 1.82) is 0 Å². The third-order valence-electron chi connectivity index (χ3n) is 3.34. The summed E-state index contributed by atoms with van der Waals surface area (Å²) in [6, 6.07) is 17.2. The molecule has 2 aromatic rings. The van der Waals surface area contributed by atoms with Gasteiger partial charge in [0, 0.05) is 31.5 Å². The lowest BCUT2D eigenvalue weighted by Gasteiger charge is -2.18. The first-order chi connectivity index (χ1) is 8.36. The zero-order valence-electron chi connectivity index (χ0n) is 9.98. The van der Waals surface area contributed by atoms with Gasteiger partial charge in [-0.05, 0) is 29.3 Å². The van der Waals surface area contributed by atoms with Gasteiger partial charge in [0.15, 0.2) is 0 Å². The molecular formula is C15H16N2. The number of nitrogens with one attached hydrogen (secondary N) is 1. The van der Waals surface area contributed by atoms with Crippen molar-refractivity contribution in [3.8, 4) is 0 Å². The van der Waals surface area contributed by atoms with Crippen LogP contribution in [0.4, 0.5) is 11.4 Å². The highest BCUT2D eigenvalue weighted by Crippen LogP contribution is 2.29. The summed E-state index contributed by atoms with van der Waals surface area (Å²) in [5.74, 6) is 0. The van der Waals surface area contributed by atoms with Crippen LogP contribution >= 0.6 is 0 Å². The van der Waals surface area contributed by atoms with Crippen molar-refractivity contribution in [1.82, 2.24) is 0 Å². The Morgan fingerprint density at radius 3 is 2.29 bits per heavy atom. The molecule has 0 atom stereocenters. The van der Waals surface area contributed by atoms with Crippen molar-refractivity contribution < 1.29 is 0 Å². The van der Waals surface area contributed by atoms with Crippen LogP contribution in [-0.4, -0.2) is 7.05 Å². The van der Waals surface area contributed by atoms with Crippen molar-refractivity contribution in [3.63, 3.8) is 0 Å². The van der Waals surface area contributed by atoms with Crippen LogP contribution in [0.1, 0.15) is 11.1 Å². The molecule has 0 saturated carbocycles. The lowest BCUT2D eigenvalue weighted by Crippen LogP contribution is -2.14. The zero-order valence-corrected chi connectivity index (χ0v) is 9.98. The average Bonchev–Trinajstić information content (AvgIpc) is 2.82. The zero-order chi connectivity index (χ0) is 11.7. The summed E-state index contributed by atoms with van der Waals surface area (Å²) < 4.78 is 0. The minimum atomic E-state index is 1.02. The standard InChI is InChI=1S/C15H16N2/c1-16-14-7-4-8-15(9-14)17-10-12-5-2-3-6-13(12)11-17/h2-9,16H,10-11H2,1H3. The van der Waals surface area contributed by atoms with E-state index < -0.39 is 0 Å². The van der Waals surface area contributed by atoms with E-state index in [1.165, 1.54) is 22.5 Å². The number of benzene rings is 2. The molecule has 1 heterocycles. The molecule has 86 valence electrons. The maximum atomic E-state index is 3.19. The summed E-state index contributed by atoms with van der Waals surface area (Å²) in [5, 5.41) is 3.19. The molecule has 0 aromatic heterocycles. The lowest BCUT2D eigenvalue weighted by molar-refractivity contribution is 0.881. The van der Waals surface area contributed by atoms with Gasteiger partial charge in [0.2, 0.25) is 0 Å². The molecule has 2 aromatic carbocycles. The van der Waals surface area contributed by atoms with Crippen LogP contribution in [0.5, 0.6) is 0 Å². The molecule has 0 aliphatic carbocycles. The quantitative estimate of drug-likeness (QED) is 0.842. The molecule has 0 radical (unpaired) electrons. The van der Waals surface area contributed by atoms with Gasteiger partial charge in [0.05, 0.1) is 0 Å². The maximum absolute atomic E-state index is 3.19. The molecule has 1 N–H and O–H groups in total. The third kappa shape index (κ3) is 1.86. The second-order valence-corrected chi connectivity index (χ2v) is 4.43. The lowest BCUT2D eigenvalue weighted by atomic mass is 10.1. The highest BCUT2D eigenvalue weighted by molar-refractivity contribution is 5.59. The predicted molar refractivity (Wildman–Crippen MR) is 72.3 cm³/mol. The molecule has 0 saturated heterocycles. The summed E-state index contributed by atoms with van der Waals surface area (Å²) in [4.78, 5) is 2.41. The van der Waals surface area contributed by atoms with Crippen LogP contribution in [-0.2, 0) is 13.1 Å². The largest absolute Gasteiger partial charge is 0.388 e. The fourth-order valence-corrected chi connectivity index (χ4v) is 2.37. The summed E-state index contributed by atoms with van der Waals surface area (Å²) in [7, 11) is 1.96. The minimum absolute atomic E-state index is 1.02. The fraction of sp³-hybridized carbons (Fsp3) is 0.200. The molecule has 0 unspecified atom stereocenters. The topological polar surface area (TPSA) is 15.3 Å². The van der Waals surface area contributed by atoms with E-state index in [1.807, 2.05) is 7.05 Å². The molecule has 0 bridgehead atoms. The third-order valence-corrected chi connectivity index (χ3v) is 3.34. The van der Waals surface area contributed by atoms with Crippen LogP contribution in [0, 0.1) is 0 Å². The SMILES string of the molecule is CNc1cccc(N2Cc3ccccc3C2)c1. The Bertz CT molecular complexity index is 509. The second-order valence-electron chi connectivity index (χ2n) is 4.43. The first-order valence-corrected chi connectivity index (χ1v) is 5.96. The fourth-order valence-electron chi connectivity index (χ4n) is 2.37. The van der Waals surface area contributed by atoms with E-state index in [0.717, 1.165) is 13.1 Å². The molecule has 2 heteroatoms. The maximum Gasteiger partial charge on any atom is 0.0436 e. The van der Waals surface area contributed by atoms with E-state index in [2.05, 4.69) is 58.7 Å². The predicted octanol–water partition coefficient (Wildman–Crippen LogP) is 3.25. The highest BCUT2D eigenvalue weighted by atomic mass is 15.1. The van der Waals surface area contributed by atoms with Crippen LogP contribution in [0.25, 0.3) is 0 Å². The molecule has 17 heavy (non-hydrogen) atoms.